The van der Waals surface area contributed by atoms with Crippen molar-refractivity contribution in [1.82, 2.24) is 24.7 Å². The lowest BCUT2D eigenvalue weighted by Gasteiger charge is -2.29. The van der Waals surface area contributed by atoms with Crippen LogP contribution in [0.1, 0.15) is 72.4 Å². The Morgan fingerprint density at radius 3 is 2.48 bits per heavy atom. The molecule has 3 aliphatic carbocycles. The molecule has 3 saturated carbocycles. The minimum Gasteiger partial charge on any atom is -0.382 e. The molecule has 7 rings (SSSR count). The van der Waals surface area contributed by atoms with E-state index in [0.29, 0.717) is 24.2 Å². The van der Waals surface area contributed by atoms with Crippen LogP contribution in [0.15, 0.2) is 55.0 Å². The maximum atomic E-state index is 12.9. The van der Waals surface area contributed by atoms with Crippen LogP contribution in [0.25, 0.3) is 16.8 Å². The van der Waals surface area contributed by atoms with Crippen molar-refractivity contribution in [2.75, 3.05) is 5.73 Å². The first-order chi connectivity index (χ1) is 19.2. The van der Waals surface area contributed by atoms with Crippen LogP contribution in [-0.4, -0.2) is 47.3 Å². The third-order valence-corrected chi connectivity index (χ3v) is 9.22. The summed E-state index contributed by atoms with van der Waals surface area (Å²) in [6.07, 6.45) is 10.9. The van der Waals surface area contributed by atoms with E-state index in [0.717, 1.165) is 66.0 Å². The number of Topliss-reactive ketones (excluding diaryl/α,β-unsaturated/α-hetero) is 1. The van der Waals surface area contributed by atoms with Crippen molar-refractivity contribution in [3.63, 3.8) is 0 Å². The average Bonchev–Trinajstić information content (AvgIpc) is 3.28. The standard InChI is InChI=1S/C31H32N6O3/c1-19-6-13-33-22(16-19)17-23(38)20-2-4-21(5-3-20)24-25-26(32)34-14-15-37(25)27(35-24)29-7-9-30(18-29,10-8-29)36-28(39)31(40)11-12-31/h2-6,13-16,40H,7-12,17-18H2,1H3,(H2,32,34)(H,36,39). The van der Waals surface area contributed by atoms with Crippen LogP contribution in [0.4, 0.5) is 5.82 Å². The highest BCUT2D eigenvalue weighted by atomic mass is 16.3. The van der Waals surface area contributed by atoms with Crippen molar-refractivity contribution in [1.29, 1.82) is 0 Å². The fourth-order valence-corrected chi connectivity index (χ4v) is 6.80. The lowest BCUT2D eigenvalue weighted by Crippen LogP contribution is -2.50. The van der Waals surface area contributed by atoms with Gasteiger partial charge in [0.1, 0.15) is 28.5 Å². The van der Waals surface area contributed by atoms with Gasteiger partial charge in [-0.15, -0.1) is 0 Å². The van der Waals surface area contributed by atoms with Crippen molar-refractivity contribution in [3.05, 3.63) is 77.6 Å². The van der Waals surface area contributed by atoms with E-state index < -0.39 is 5.60 Å². The van der Waals surface area contributed by atoms with Crippen molar-refractivity contribution >= 4 is 23.0 Å². The second-order valence-electron chi connectivity index (χ2n) is 12.0. The number of nitrogens with zero attached hydrogens (tertiary/aromatic N) is 4. The van der Waals surface area contributed by atoms with E-state index in [1.54, 1.807) is 12.4 Å². The van der Waals surface area contributed by atoms with Crippen LogP contribution >= 0.6 is 0 Å². The van der Waals surface area contributed by atoms with Gasteiger partial charge in [-0.3, -0.25) is 19.0 Å². The zero-order chi connectivity index (χ0) is 27.7. The van der Waals surface area contributed by atoms with Crippen molar-refractivity contribution in [2.45, 2.75) is 74.8 Å². The van der Waals surface area contributed by atoms with Gasteiger partial charge in [-0.2, -0.15) is 0 Å². The Labute approximate surface area is 231 Å². The first-order valence-corrected chi connectivity index (χ1v) is 13.9. The van der Waals surface area contributed by atoms with Crippen LogP contribution in [0.2, 0.25) is 0 Å². The van der Waals surface area contributed by atoms with Gasteiger partial charge in [-0.05, 0) is 69.6 Å². The number of aliphatic hydroxyl groups is 1. The van der Waals surface area contributed by atoms with E-state index in [1.807, 2.05) is 49.5 Å². The number of amides is 1. The summed E-state index contributed by atoms with van der Waals surface area (Å²) >= 11 is 0. The molecule has 2 bridgehead atoms. The smallest absolute Gasteiger partial charge is 0.252 e. The van der Waals surface area contributed by atoms with E-state index in [-0.39, 0.29) is 29.1 Å². The number of nitrogen functional groups attached to an aromatic ring is 1. The number of nitrogens with two attached hydrogens (primary N) is 1. The van der Waals surface area contributed by atoms with Crippen molar-refractivity contribution in [2.24, 2.45) is 0 Å². The monoisotopic (exact) mass is 536 g/mol. The molecule has 3 aliphatic rings. The molecule has 9 heteroatoms. The van der Waals surface area contributed by atoms with Gasteiger partial charge in [0.25, 0.3) is 5.91 Å². The average molecular weight is 537 g/mol. The second kappa shape index (κ2) is 8.69. The SMILES string of the molecule is Cc1ccnc(CC(=O)c2ccc(-c3nc(C45CCC(NC(=O)C6(O)CC6)(CC4)C5)n4ccnc(N)c34)cc2)c1. The Kier molecular flexibility index (Phi) is 5.41. The predicted molar refractivity (Wildman–Crippen MR) is 150 cm³/mol. The molecule has 40 heavy (non-hydrogen) atoms. The third kappa shape index (κ3) is 3.99. The highest BCUT2D eigenvalue weighted by molar-refractivity contribution is 5.98. The Hall–Kier alpha value is -4.11. The van der Waals surface area contributed by atoms with E-state index in [9.17, 15) is 14.7 Å². The fourth-order valence-electron chi connectivity index (χ4n) is 6.80. The number of pyridine rings is 1. The van der Waals surface area contributed by atoms with Crippen LogP contribution in [0, 0.1) is 6.92 Å². The van der Waals surface area contributed by atoms with E-state index in [2.05, 4.69) is 19.7 Å². The molecule has 0 unspecified atom stereocenters. The number of carbonyl (C=O) groups is 2. The molecule has 9 nitrogen and oxygen atoms in total. The van der Waals surface area contributed by atoms with Crippen molar-refractivity contribution in [3.8, 4) is 11.3 Å². The van der Waals surface area contributed by atoms with Gasteiger partial charge in [0.2, 0.25) is 0 Å². The molecule has 3 aromatic heterocycles. The Morgan fingerprint density at radius 1 is 1.02 bits per heavy atom. The predicted octanol–water partition coefficient (Wildman–Crippen LogP) is 3.70. The highest BCUT2D eigenvalue weighted by Crippen LogP contribution is 2.58. The maximum Gasteiger partial charge on any atom is 0.252 e. The maximum absolute atomic E-state index is 12.9. The summed E-state index contributed by atoms with van der Waals surface area (Å²) < 4.78 is 2.05. The van der Waals surface area contributed by atoms with Gasteiger partial charge < -0.3 is 16.2 Å². The Balaban J connectivity index is 1.20. The molecule has 1 amide bonds. The molecule has 0 spiro atoms. The molecule has 204 valence electrons. The van der Waals surface area contributed by atoms with Crippen molar-refractivity contribution < 1.29 is 14.7 Å². The van der Waals surface area contributed by atoms with E-state index >= 15 is 0 Å². The molecule has 3 heterocycles. The Morgan fingerprint density at radius 2 is 1.77 bits per heavy atom. The van der Waals surface area contributed by atoms with Gasteiger partial charge in [-0.25, -0.2) is 9.97 Å². The number of ketones is 1. The van der Waals surface area contributed by atoms with Gasteiger partial charge in [0, 0.05) is 46.4 Å². The molecule has 0 saturated heterocycles. The number of fused-ring (bicyclic) bond motifs is 3. The van der Waals surface area contributed by atoms with Gasteiger partial charge in [0.15, 0.2) is 5.78 Å². The van der Waals surface area contributed by atoms with E-state index in [1.165, 1.54) is 0 Å². The lowest BCUT2D eigenvalue weighted by atomic mass is 9.83. The first-order valence-electron chi connectivity index (χ1n) is 13.9. The summed E-state index contributed by atoms with van der Waals surface area (Å²) in [5.74, 6) is 1.09. The van der Waals surface area contributed by atoms with E-state index in [4.69, 9.17) is 10.7 Å². The highest BCUT2D eigenvalue weighted by Gasteiger charge is 2.59. The van der Waals surface area contributed by atoms with Crippen LogP contribution < -0.4 is 11.1 Å². The zero-order valence-corrected chi connectivity index (χ0v) is 22.5. The molecule has 0 atom stereocenters. The van der Waals surface area contributed by atoms with Gasteiger partial charge >= 0.3 is 0 Å². The molecule has 1 aromatic carbocycles. The molecule has 4 N–H and O–H groups in total. The molecular formula is C31H32N6O3. The van der Waals surface area contributed by atoms with Crippen LogP contribution in [-0.2, 0) is 16.6 Å². The number of hydrogen-bond acceptors (Lipinski definition) is 7. The van der Waals surface area contributed by atoms with Crippen LogP contribution in [0.3, 0.4) is 0 Å². The number of benzene rings is 1. The summed E-state index contributed by atoms with van der Waals surface area (Å²) in [6.45, 7) is 1.99. The summed E-state index contributed by atoms with van der Waals surface area (Å²) in [5, 5.41) is 13.5. The number of rotatable bonds is 7. The topological polar surface area (TPSA) is 136 Å². The number of carbonyl (C=O) groups excluding carboxylic acids is 2. The second-order valence-corrected chi connectivity index (χ2v) is 12.0. The molecule has 3 fully saturated rings. The number of hydrogen-bond donors (Lipinski definition) is 3. The largest absolute Gasteiger partial charge is 0.382 e. The summed E-state index contributed by atoms with van der Waals surface area (Å²) in [6, 6.07) is 11.3. The lowest BCUT2D eigenvalue weighted by molar-refractivity contribution is -0.133. The molecular weight excluding hydrogens is 504 g/mol. The summed E-state index contributed by atoms with van der Waals surface area (Å²) in [5.41, 5.74) is 9.49. The quantitative estimate of drug-likeness (QED) is 0.307. The van der Waals surface area contributed by atoms with Crippen LogP contribution in [0.5, 0.6) is 0 Å². The molecule has 4 aromatic rings. The first kappa shape index (κ1) is 24.9. The number of imidazole rings is 1. The minimum absolute atomic E-state index is 0.00580. The number of nitrogens with one attached hydrogen (secondary N) is 1. The number of aromatic nitrogens is 4. The summed E-state index contributed by atoms with van der Waals surface area (Å²) in [4.78, 5) is 39.5. The fraction of sp³-hybridized carbons (Fsp3) is 0.387. The normalized spacial score (nSPS) is 24.4. The Bertz CT molecular complexity index is 1660. The molecule has 0 aliphatic heterocycles. The minimum atomic E-state index is -1.18. The summed E-state index contributed by atoms with van der Waals surface area (Å²) in [7, 11) is 0. The number of anilines is 1. The zero-order valence-electron chi connectivity index (χ0n) is 22.5. The van der Waals surface area contributed by atoms with Gasteiger partial charge in [-0.1, -0.05) is 24.3 Å². The molecule has 0 radical (unpaired) electrons. The third-order valence-electron chi connectivity index (χ3n) is 9.22. The number of aryl methyl sites for hydroxylation is 1. The van der Waals surface area contributed by atoms with Gasteiger partial charge in [0.05, 0.1) is 6.42 Å².